The van der Waals surface area contributed by atoms with Crippen molar-refractivity contribution in [3.63, 3.8) is 0 Å². The molecule has 118 valence electrons. The number of nitro groups is 1. The van der Waals surface area contributed by atoms with E-state index in [-0.39, 0.29) is 12.2 Å². The van der Waals surface area contributed by atoms with Gasteiger partial charge in [0.1, 0.15) is 12.7 Å². The molecule has 0 spiro atoms. The summed E-state index contributed by atoms with van der Waals surface area (Å²) in [6.07, 6.45) is 3.02. The van der Waals surface area contributed by atoms with Gasteiger partial charge in [-0.3, -0.25) is 4.79 Å². The molecule has 8 nitrogen and oxygen atoms in total. The number of imidazole rings is 1. The smallest absolute Gasteiger partial charge is 0.342 e. The number of aliphatic carboxylic acids is 1. The number of nitrogens with one attached hydrogen (secondary N) is 1. The van der Waals surface area contributed by atoms with Crippen LogP contribution in [0.15, 0.2) is 6.20 Å². The molecule has 0 aliphatic carbocycles. The Morgan fingerprint density at radius 2 is 2.24 bits per heavy atom. The van der Waals surface area contributed by atoms with E-state index in [2.05, 4.69) is 10.3 Å². The normalized spacial score (nSPS) is 12.3. The van der Waals surface area contributed by atoms with Crippen molar-refractivity contribution >= 4 is 11.8 Å². The highest BCUT2D eigenvalue weighted by atomic mass is 16.6. The van der Waals surface area contributed by atoms with Crippen LogP contribution in [0.25, 0.3) is 0 Å². The zero-order chi connectivity index (χ0) is 15.8. The van der Waals surface area contributed by atoms with Gasteiger partial charge in [0.25, 0.3) is 0 Å². The van der Waals surface area contributed by atoms with Gasteiger partial charge in [-0.1, -0.05) is 6.92 Å². The second-order valence-electron chi connectivity index (χ2n) is 5.15. The molecule has 0 bridgehead atoms. The van der Waals surface area contributed by atoms with E-state index >= 15 is 0 Å². The first-order valence-corrected chi connectivity index (χ1v) is 7.00. The molecule has 1 rings (SSSR count). The van der Waals surface area contributed by atoms with Crippen LogP contribution in [0, 0.1) is 23.0 Å². The highest BCUT2D eigenvalue weighted by Gasteiger charge is 2.16. The summed E-state index contributed by atoms with van der Waals surface area (Å²) in [6, 6.07) is 0. The maximum absolute atomic E-state index is 10.8. The molecular weight excluding hydrogens is 276 g/mol. The summed E-state index contributed by atoms with van der Waals surface area (Å²) in [5.41, 5.74) is 0. The van der Waals surface area contributed by atoms with Gasteiger partial charge in [0.15, 0.2) is 5.82 Å². The standard InChI is InChI=1S/C13H22N4O4/c1-10(3-4-13(18)19)5-6-14-7-8-16-11(2)15-9-12(16)17(20)21/h9-10,14H,3-8H2,1-2H3,(H,18,19). The first-order chi connectivity index (χ1) is 9.91. The van der Waals surface area contributed by atoms with Gasteiger partial charge in [0, 0.05) is 19.9 Å². The fourth-order valence-corrected chi connectivity index (χ4v) is 2.06. The number of hydrogen-bond donors (Lipinski definition) is 2. The number of carboxylic acid groups (broad SMARTS) is 1. The Labute approximate surface area is 123 Å². The molecule has 2 N–H and O–H groups in total. The minimum Gasteiger partial charge on any atom is -0.481 e. The van der Waals surface area contributed by atoms with E-state index in [1.807, 2.05) is 6.92 Å². The molecule has 0 amide bonds. The fraction of sp³-hybridized carbons (Fsp3) is 0.692. The van der Waals surface area contributed by atoms with Crippen molar-refractivity contribution in [2.24, 2.45) is 5.92 Å². The monoisotopic (exact) mass is 298 g/mol. The third-order valence-electron chi connectivity index (χ3n) is 3.40. The molecule has 0 aliphatic rings. The second kappa shape index (κ2) is 8.35. The highest BCUT2D eigenvalue weighted by Crippen LogP contribution is 2.13. The second-order valence-corrected chi connectivity index (χ2v) is 5.15. The van der Waals surface area contributed by atoms with E-state index in [4.69, 9.17) is 5.11 Å². The number of aromatic nitrogens is 2. The van der Waals surface area contributed by atoms with Gasteiger partial charge >= 0.3 is 11.8 Å². The Kier molecular flexibility index (Phi) is 6.80. The zero-order valence-electron chi connectivity index (χ0n) is 12.4. The van der Waals surface area contributed by atoms with E-state index in [1.165, 1.54) is 6.20 Å². The van der Waals surface area contributed by atoms with Crippen LogP contribution >= 0.6 is 0 Å². The Balaban J connectivity index is 2.24. The van der Waals surface area contributed by atoms with Crippen LogP contribution in [0.3, 0.4) is 0 Å². The van der Waals surface area contributed by atoms with Gasteiger partial charge < -0.3 is 20.5 Å². The molecule has 0 aliphatic heterocycles. The third kappa shape index (κ3) is 5.90. The van der Waals surface area contributed by atoms with Gasteiger partial charge in [-0.05, 0) is 30.2 Å². The lowest BCUT2D eigenvalue weighted by molar-refractivity contribution is -0.392. The van der Waals surface area contributed by atoms with Crippen LogP contribution in [0.2, 0.25) is 0 Å². The number of hydrogen-bond acceptors (Lipinski definition) is 5. The minimum atomic E-state index is -0.766. The maximum Gasteiger partial charge on any atom is 0.342 e. The number of carboxylic acids is 1. The number of carbonyl (C=O) groups is 1. The molecule has 0 saturated heterocycles. The van der Waals surface area contributed by atoms with Crippen molar-refractivity contribution in [1.29, 1.82) is 0 Å². The molecule has 8 heteroatoms. The molecule has 1 atom stereocenters. The largest absolute Gasteiger partial charge is 0.481 e. The van der Waals surface area contributed by atoms with Crippen LogP contribution < -0.4 is 5.32 Å². The van der Waals surface area contributed by atoms with E-state index in [1.54, 1.807) is 11.5 Å². The fourth-order valence-electron chi connectivity index (χ4n) is 2.06. The molecule has 0 fully saturated rings. The summed E-state index contributed by atoms with van der Waals surface area (Å²) in [7, 11) is 0. The number of nitrogens with zero attached hydrogens (tertiary/aromatic N) is 3. The summed E-state index contributed by atoms with van der Waals surface area (Å²) in [5, 5.41) is 22.6. The van der Waals surface area contributed by atoms with Gasteiger partial charge in [-0.25, -0.2) is 9.55 Å². The molecule has 0 radical (unpaired) electrons. The van der Waals surface area contributed by atoms with Gasteiger partial charge in [-0.2, -0.15) is 0 Å². The van der Waals surface area contributed by atoms with E-state index < -0.39 is 10.9 Å². The van der Waals surface area contributed by atoms with Crippen molar-refractivity contribution in [1.82, 2.24) is 14.9 Å². The quantitative estimate of drug-likeness (QED) is 0.385. The number of aryl methyl sites for hydroxylation is 1. The predicted molar refractivity (Wildman–Crippen MR) is 77.1 cm³/mol. The molecule has 21 heavy (non-hydrogen) atoms. The Morgan fingerprint density at radius 3 is 2.86 bits per heavy atom. The van der Waals surface area contributed by atoms with Crippen molar-refractivity contribution in [3.05, 3.63) is 22.1 Å². The predicted octanol–water partition coefficient (Wildman–Crippen LogP) is 1.58. The summed E-state index contributed by atoms with van der Waals surface area (Å²) >= 11 is 0. The summed E-state index contributed by atoms with van der Waals surface area (Å²) in [6.45, 7) is 5.63. The average molecular weight is 298 g/mol. The molecule has 1 unspecified atom stereocenters. The molecule has 0 aromatic carbocycles. The van der Waals surface area contributed by atoms with Crippen LogP contribution in [0.1, 0.15) is 32.0 Å². The first kappa shape index (κ1) is 17.1. The highest BCUT2D eigenvalue weighted by molar-refractivity contribution is 5.66. The van der Waals surface area contributed by atoms with Crippen LogP contribution in [-0.4, -0.2) is 38.6 Å². The van der Waals surface area contributed by atoms with Crippen LogP contribution in [0.5, 0.6) is 0 Å². The molecule has 0 saturated carbocycles. The van der Waals surface area contributed by atoms with Crippen LogP contribution in [-0.2, 0) is 11.3 Å². The van der Waals surface area contributed by atoms with Crippen LogP contribution in [0.4, 0.5) is 5.82 Å². The van der Waals surface area contributed by atoms with Crippen molar-refractivity contribution in [2.45, 2.75) is 39.7 Å². The van der Waals surface area contributed by atoms with Gasteiger partial charge in [0.2, 0.25) is 0 Å². The lowest BCUT2D eigenvalue weighted by Crippen LogP contribution is -2.23. The zero-order valence-corrected chi connectivity index (χ0v) is 12.4. The van der Waals surface area contributed by atoms with E-state index in [0.717, 1.165) is 13.0 Å². The van der Waals surface area contributed by atoms with Crippen molar-refractivity contribution < 1.29 is 14.8 Å². The lowest BCUT2D eigenvalue weighted by atomic mass is 10.0. The molecule has 1 aromatic heterocycles. The molecular formula is C13H22N4O4. The molecule has 1 heterocycles. The Hall–Kier alpha value is -1.96. The SMILES string of the molecule is Cc1ncc([N+](=O)[O-])n1CCNCCC(C)CCC(=O)O. The topological polar surface area (TPSA) is 110 Å². The first-order valence-electron chi connectivity index (χ1n) is 7.00. The third-order valence-corrected chi connectivity index (χ3v) is 3.40. The lowest BCUT2D eigenvalue weighted by Gasteiger charge is -2.10. The van der Waals surface area contributed by atoms with E-state index in [0.29, 0.717) is 31.3 Å². The summed E-state index contributed by atoms with van der Waals surface area (Å²) in [5.74, 6) is 0.207. The summed E-state index contributed by atoms with van der Waals surface area (Å²) < 4.78 is 1.57. The van der Waals surface area contributed by atoms with E-state index in [9.17, 15) is 14.9 Å². The summed E-state index contributed by atoms with van der Waals surface area (Å²) in [4.78, 5) is 24.8. The average Bonchev–Trinajstić information content (AvgIpc) is 2.77. The van der Waals surface area contributed by atoms with Crippen molar-refractivity contribution in [2.75, 3.05) is 13.1 Å². The maximum atomic E-state index is 10.8. The minimum absolute atomic E-state index is 0.00382. The number of rotatable bonds is 10. The molecule has 1 aromatic rings. The van der Waals surface area contributed by atoms with Gasteiger partial charge in [0.05, 0.1) is 0 Å². The van der Waals surface area contributed by atoms with Gasteiger partial charge in [-0.15, -0.1) is 0 Å². The Morgan fingerprint density at radius 1 is 1.52 bits per heavy atom. The Bertz CT molecular complexity index is 487. The van der Waals surface area contributed by atoms with Crippen molar-refractivity contribution in [3.8, 4) is 0 Å².